The third-order valence-electron chi connectivity index (χ3n) is 5.11. The molecule has 4 rings (SSSR count). The third kappa shape index (κ3) is 3.84. The van der Waals surface area contributed by atoms with Crippen molar-refractivity contribution >= 4 is 33.2 Å². The standard InChI is InChI=1S/C19H22N4O5S/c1-12-9-18(23(21-12)14-7-8-29(26,27)11-14)20-19(25)17-10-22(13(2)24)15-5-3-4-6-16(15)28-17/h3-6,9,14,17H,7-8,10-11H2,1-2H3,(H,20,25)/t14-,17-/m1/s1. The van der Waals surface area contributed by atoms with Gasteiger partial charge in [-0.25, -0.2) is 13.1 Å². The SMILES string of the molecule is CC(=O)N1C[C@H](C(=O)Nc2cc(C)nn2[C@@H]2CCS(=O)(=O)C2)Oc2ccccc21. The first-order chi connectivity index (χ1) is 13.7. The number of aromatic nitrogens is 2. The van der Waals surface area contributed by atoms with Crippen LogP contribution in [-0.2, 0) is 19.4 Å². The Hall–Kier alpha value is -2.88. The van der Waals surface area contributed by atoms with Crippen LogP contribution in [0.25, 0.3) is 0 Å². The first-order valence-electron chi connectivity index (χ1n) is 9.35. The second-order valence-corrected chi connectivity index (χ2v) is 9.59. The molecule has 2 atom stereocenters. The predicted octanol–water partition coefficient (Wildman–Crippen LogP) is 1.30. The molecule has 1 saturated heterocycles. The van der Waals surface area contributed by atoms with Gasteiger partial charge in [0.2, 0.25) is 5.91 Å². The van der Waals surface area contributed by atoms with Crippen LogP contribution in [0, 0.1) is 6.92 Å². The monoisotopic (exact) mass is 418 g/mol. The highest BCUT2D eigenvalue weighted by Crippen LogP contribution is 2.33. The molecule has 0 radical (unpaired) electrons. The lowest BCUT2D eigenvalue weighted by atomic mass is 10.1. The summed E-state index contributed by atoms with van der Waals surface area (Å²) in [5.74, 6) is 0.387. The quantitative estimate of drug-likeness (QED) is 0.805. The van der Waals surface area contributed by atoms with Gasteiger partial charge in [-0.15, -0.1) is 0 Å². The molecule has 0 saturated carbocycles. The number of hydrogen-bond donors (Lipinski definition) is 1. The number of hydrogen-bond acceptors (Lipinski definition) is 6. The van der Waals surface area contributed by atoms with Crippen molar-refractivity contribution in [1.82, 2.24) is 9.78 Å². The van der Waals surface area contributed by atoms with E-state index in [0.29, 0.717) is 29.4 Å². The van der Waals surface area contributed by atoms with E-state index in [9.17, 15) is 18.0 Å². The number of sulfone groups is 1. The average Bonchev–Trinajstić information content (AvgIpc) is 3.21. The van der Waals surface area contributed by atoms with Crippen molar-refractivity contribution in [3.63, 3.8) is 0 Å². The summed E-state index contributed by atoms with van der Waals surface area (Å²) in [6.07, 6.45) is -0.442. The van der Waals surface area contributed by atoms with E-state index >= 15 is 0 Å². The van der Waals surface area contributed by atoms with E-state index in [4.69, 9.17) is 4.74 Å². The van der Waals surface area contributed by atoms with Crippen molar-refractivity contribution in [3.05, 3.63) is 36.0 Å². The van der Waals surface area contributed by atoms with E-state index in [1.807, 2.05) is 0 Å². The first-order valence-corrected chi connectivity index (χ1v) is 11.2. The van der Waals surface area contributed by atoms with Gasteiger partial charge in [-0.3, -0.25) is 9.59 Å². The number of nitrogens with zero attached hydrogens (tertiary/aromatic N) is 3. The molecule has 0 bridgehead atoms. The molecule has 2 aliphatic rings. The number of anilines is 2. The summed E-state index contributed by atoms with van der Waals surface area (Å²) in [6, 6.07) is 8.44. The molecule has 2 aromatic rings. The van der Waals surface area contributed by atoms with E-state index in [0.717, 1.165) is 0 Å². The molecule has 2 amide bonds. The van der Waals surface area contributed by atoms with Crippen LogP contribution in [0.4, 0.5) is 11.5 Å². The second kappa shape index (κ2) is 7.18. The highest BCUT2D eigenvalue weighted by Gasteiger charge is 2.35. The van der Waals surface area contributed by atoms with Crippen LogP contribution >= 0.6 is 0 Å². The lowest BCUT2D eigenvalue weighted by Crippen LogP contribution is -2.48. The lowest BCUT2D eigenvalue weighted by Gasteiger charge is -2.33. The predicted molar refractivity (Wildman–Crippen MR) is 107 cm³/mol. The van der Waals surface area contributed by atoms with Crippen LogP contribution in [0.5, 0.6) is 5.75 Å². The molecule has 29 heavy (non-hydrogen) atoms. The molecule has 0 aliphatic carbocycles. The molecule has 1 fully saturated rings. The molecule has 10 heteroatoms. The zero-order chi connectivity index (χ0) is 20.8. The molecule has 1 aromatic carbocycles. The van der Waals surface area contributed by atoms with Gasteiger partial charge in [-0.1, -0.05) is 12.1 Å². The van der Waals surface area contributed by atoms with Crippen molar-refractivity contribution in [2.75, 3.05) is 28.3 Å². The molecule has 2 aliphatic heterocycles. The van der Waals surface area contributed by atoms with Crippen molar-refractivity contribution < 1.29 is 22.7 Å². The number of benzene rings is 1. The van der Waals surface area contributed by atoms with Crippen LogP contribution in [0.1, 0.15) is 25.1 Å². The van der Waals surface area contributed by atoms with Gasteiger partial charge in [-0.05, 0) is 25.5 Å². The zero-order valence-corrected chi connectivity index (χ0v) is 17.0. The van der Waals surface area contributed by atoms with Gasteiger partial charge in [0.15, 0.2) is 15.9 Å². The molecular weight excluding hydrogens is 396 g/mol. The van der Waals surface area contributed by atoms with Gasteiger partial charge in [0.25, 0.3) is 5.91 Å². The van der Waals surface area contributed by atoms with Crippen LogP contribution < -0.4 is 15.0 Å². The van der Waals surface area contributed by atoms with E-state index in [1.165, 1.54) is 11.8 Å². The molecule has 0 spiro atoms. The number of nitrogens with one attached hydrogen (secondary N) is 1. The number of fused-ring (bicyclic) bond motifs is 1. The molecular formula is C19H22N4O5S. The largest absolute Gasteiger partial charge is 0.476 e. The Balaban J connectivity index is 1.56. The Bertz CT molecular complexity index is 1080. The maximum Gasteiger partial charge on any atom is 0.268 e. The summed E-state index contributed by atoms with van der Waals surface area (Å²) >= 11 is 0. The Labute approximate surface area is 168 Å². The molecule has 154 valence electrons. The van der Waals surface area contributed by atoms with Gasteiger partial charge in [0, 0.05) is 13.0 Å². The van der Waals surface area contributed by atoms with Crippen molar-refractivity contribution in [1.29, 1.82) is 0 Å². The van der Waals surface area contributed by atoms with E-state index in [1.54, 1.807) is 41.9 Å². The zero-order valence-electron chi connectivity index (χ0n) is 16.2. The fraction of sp³-hybridized carbons (Fsp3) is 0.421. The van der Waals surface area contributed by atoms with Crippen LogP contribution in [0.15, 0.2) is 30.3 Å². The van der Waals surface area contributed by atoms with Crippen molar-refractivity contribution in [3.8, 4) is 5.75 Å². The fourth-order valence-corrected chi connectivity index (χ4v) is 5.42. The summed E-state index contributed by atoms with van der Waals surface area (Å²) in [5.41, 5.74) is 1.30. The van der Waals surface area contributed by atoms with Gasteiger partial charge < -0.3 is 15.0 Å². The first kappa shape index (κ1) is 19.4. The smallest absolute Gasteiger partial charge is 0.268 e. The minimum Gasteiger partial charge on any atom is -0.476 e. The average molecular weight is 418 g/mol. The number of amides is 2. The number of ether oxygens (including phenoxy) is 1. The van der Waals surface area contributed by atoms with Crippen LogP contribution in [0.2, 0.25) is 0 Å². The Morgan fingerprint density at radius 1 is 1.28 bits per heavy atom. The third-order valence-corrected chi connectivity index (χ3v) is 6.86. The lowest BCUT2D eigenvalue weighted by molar-refractivity contribution is -0.123. The highest BCUT2D eigenvalue weighted by molar-refractivity contribution is 7.91. The van der Waals surface area contributed by atoms with Crippen LogP contribution in [-0.4, -0.2) is 54.2 Å². The van der Waals surface area contributed by atoms with Crippen molar-refractivity contribution in [2.45, 2.75) is 32.4 Å². The summed E-state index contributed by atoms with van der Waals surface area (Å²) in [7, 11) is -3.09. The number of carbonyl (C=O) groups is 2. The fourth-order valence-electron chi connectivity index (χ4n) is 3.73. The minimum atomic E-state index is -3.09. The maximum absolute atomic E-state index is 12.9. The van der Waals surface area contributed by atoms with Gasteiger partial charge >= 0.3 is 0 Å². The van der Waals surface area contributed by atoms with E-state index in [-0.39, 0.29) is 30.0 Å². The Morgan fingerprint density at radius 2 is 2.03 bits per heavy atom. The molecule has 0 unspecified atom stereocenters. The number of carbonyl (C=O) groups excluding carboxylic acids is 2. The van der Waals surface area contributed by atoms with Gasteiger partial charge in [-0.2, -0.15) is 5.10 Å². The van der Waals surface area contributed by atoms with Crippen molar-refractivity contribution in [2.24, 2.45) is 0 Å². The second-order valence-electron chi connectivity index (χ2n) is 7.37. The minimum absolute atomic E-state index is 0.00239. The summed E-state index contributed by atoms with van der Waals surface area (Å²) in [5, 5.41) is 7.17. The molecule has 1 aromatic heterocycles. The molecule has 9 nitrogen and oxygen atoms in total. The highest BCUT2D eigenvalue weighted by atomic mass is 32.2. The Morgan fingerprint density at radius 3 is 2.72 bits per heavy atom. The maximum atomic E-state index is 12.9. The van der Waals surface area contributed by atoms with Gasteiger partial charge in [0.05, 0.1) is 35.5 Å². The van der Waals surface area contributed by atoms with Gasteiger partial charge in [0.1, 0.15) is 11.6 Å². The number of aryl methyl sites for hydroxylation is 1. The summed E-state index contributed by atoms with van der Waals surface area (Å²) in [4.78, 5) is 26.5. The molecule has 3 heterocycles. The Kier molecular flexibility index (Phi) is 4.81. The summed E-state index contributed by atoms with van der Waals surface area (Å²) in [6.45, 7) is 3.31. The van der Waals surface area contributed by atoms with E-state index in [2.05, 4.69) is 10.4 Å². The topological polar surface area (TPSA) is 111 Å². The number of rotatable bonds is 3. The normalized spacial score (nSPS) is 22.6. The van der Waals surface area contributed by atoms with Crippen LogP contribution in [0.3, 0.4) is 0 Å². The number of para-hydroxylation sites is 2. The van der Waals surface area contributed by atoms with E-state index < -0.39 is 21.8 Å². The molecule has 1 N–H and O–H groups in total. The summed E-state index contributed by atoms with van der Waals surface area (Å²) < 4.78 is 31.1.